The molecule has 142 valence electrons. The van der Waals surface area contributed by atoms with Gasteiger partial charge in [0.25, 0.3) is 0 Å². The van der Waals surface area contributed by atoms with Crippen LogP contribution in [0.5, 0.6) is 0 Å². The van der Waals surface area contributed by atoms with E-state index in [0.717, 1.165) is 5.56 Å². The number of hydrogen-bond donors (Lipinski definition) is 5. The van der Waals surface area contributed by atoms with Gasteiger partial charge in [-0.05, 0) is 26.3 Å². The molecule has 0 heterocycles. The van der Waals surface area contributed by atoms with Crippen molar-refractivity contribution in [3.05, 3.63) is 35.4 Å². The summed E-state index contributed by atoms with van der Waals surface area (Å²) in [5.74, 6) is -0.810. The van der Waals surface area contributed by atoms with E-state index >= 15 is 0 Å². The number of alkyl carbamates (subject to hydrolysis) is 1. The zero-order chi connectivity index (χ0) is 19.7. The van der Waals surface area contributed by atoms with Crippen molar-refractivity contribution in [2.75, 3.05) is 6.61 Å². The third-order valence-electron chi connectivity index (χ3n) is 3.38. The molecule has 1 aromatic rings. The van der Waals surface area contributed by atoms with Crippen molar-refractivity contribution in [2.45, 2.75) is 39.4 Å². The minimum absolute atomic E-state index is 0.0775. The largest absolute Gasteiger partial charge is 0.450 e. The Morgan fingerprint density at radius 1 is 1.15 bits per heavy atom. The molecule has 9 heteroatoms. The molecule has 0 radical (unpaired) electrons. The lowest BCUT2D eigenvalue weighted by atomic mass is 10.1. The molecular weight excluding hydrogens is 338 g/mol. The van der Waals surface area contributed by atoms with Crippen LogP contribution in [0.2, 0.25) is 0 Å². The number of rotatable bonds is 7. The molecule has 0 spiro atoms. The summed E-state index contributed by atoms with van der Waals surface area (Å²) < 4.78 is 4.71. The Bertz CT molecular complexity index is 658. The molecule has 0 aliphatic carbocycles. The van der Waals surface area contributed by atoms with E-state index in [1.54, 1.807) is 38.1 Å². The minimum Gasteiger partial charge on any atom is -0.450 e. The van der Waals surface area contributed by atoms with Crippen LogP contribution in [0.3, 0.4) is 0 Å². The molecule has 3 amide bonds. The molecule has 0 saturated heterocycles. The Labute approximate surface area is 152 Å². The molecule has 0 fully saturated rings. The molecular formula is C17H25N5O4. The molecule has 26 heavy (non-hydrogen) atoms. The first kappa shape index (κ1) is 21.1. The van der Waals surface area contributed by atoms with Crippen LogP contribution in [0.1, 0.15) is 31.9 Å². The van der Waals surface area contributed by atoms with Crippen LogP contribution in [0.15, 0.2) is 24.3 Å². The van der Waals surface area contributed by atoms with Crippen molar-refractivity contribution in [2.24, 2.45) is 5.73 Å². The molecule has 9 nitrogen and oxygen atoms in total. The number of carbonyl (C=O) groups is 3. The SMILES string of the molecule is CCOC(=O)NC(=N)c1ccc(CNC(=O)[C@H](C)NC(=O)[C@@H](C)N)cc1. The average molecular weight is 363 g/mol. The third-order valence-corrected chi connectivity index (χ3v) is 3.38. The van der Waals surface area contributed by atoms with Gasteiger partial charge in [-0.25, -0.2) is 4.79 Å². The Morgan fingerprint density at radius 3 is 2.31 bits per heavy atom. The maximum Gasteiger partial charge on any atom is 0.412 e. The van der Waals surface area contributed by atoms with E-state index in [-0.39, 0.29) is 24.9 Å². The Balaban J connectivity index is 2.52. The van der Waals surface area contributed by atoms with E-state index in [1.807, 2.05) is 0 Å². The van der Waals surface area contributed by atoms with Gasteiger partial charge in [-0.2, -0.15) is 0 Å². The summed E-state index contributed by atoms with van der Waals surface area (Å²) in [6, 6.07) is 5.37. The van der Waals surface area contributed by atoms with E-state index in [4.69, 9.17) is 15.9 Å². The quantitative estimate of drug-likeness (QED) is 0.347. The van der Waals surface area contributed by atoms with Gasteiger partial charge in [0.2, 0.25) is 11.8 Å². The van der Waals surface area contributed by atoms with Crippen molar-refractivity contribution in [1.29, 1.82) is 5.41 Å². The highest BCUT2D eigenvalue weighted by Crippen LogP contribution is 2.05. The average Bonchev–Trinajstić information content (AvgIpc) is 2.59. The van der Waals surface area contributed by atoms with E-state index in [1.165, 1.54) is 6.92 Å². The summed E-state index contributed by atoms with van der Waals surface area (Å²) in [4.78, 5) is 34.7. The van der Waals surface area contributed by atoms with Gasteiger partial charge in [0.1, 0.15) is 11.9 Å². The Morgan fingerprint density at radius 2 is 1.77 bits per heavy atom. The Kier molecular flexibility index (Phi) is 8.23. The van der Waals surface area contributed by atoms with Gasteiger partial charge in [-0.3, -0.25) is 20.3 Å². The molecule has 0 aliphatic heterocycles. The highest BCUT2D eigenvalue weighted by molar-refractivity contribution is 6.04. The van der Waals surface area contributed by atoms with Crippen LogP contribution in [-0.4, -0.2) is 42.4 Å². The minimum atomic E-state index is -0.699. The molecule has 6 N–H and O–H groups in total. The van der Waals surface area contributed by atoms with Crippen LogP contribution >= 0.6 is 0 Å². The van der Waals surface area contributed by atoms with E-state index in [2.05, 4.69) is 16.0 Å². The number of amidine groups is 1. The Hall–Kier alpha value is -2.94. The predicted molar refractivity (Wildman–Crippen MR) is 96.5 cm³/mol. The molecule has 2 atom stereocenters. The first-order valence-electron chi connectivity index (χ1n) is 8.19. The fourth-order valence-electron chi connectivity index (χ4n) is 1.88. The summed E-state index contributed by atoms with van der Waals surface area (Å²) in [5, 5.41) is 15.3. The number of hydrogen-bond acceptors (Lipinski definition) is 6. The summed E-state index contributed by atoms with van der Waals surface area (Å²) in [6.45, 7) is 5.27. The molecule has 0 saturated carbocycles. The second-order valence-corrected chi connectivity index (χ2v) is 5.65. The van der Waals surface area contributed by atoms with Gasteiger partial charge in [0.05, 0.1) is 12.6 Å². The van der Waals surface area contributed by atoms with E-state index < -0.39 is 24.1 Å². The van der Waals surface area contributed by atoms with Crippen molar-refractivity contribution in [3.63, 3.8) is 0 Å². The van der Waals surface area contributed by atoms with Gasteiger partial charge in [0, 0.05) is 12.1 Å². The van der Waals surface area contributed by atoms with Crippen LogP contribution in [0.4, 0.5) is 4.79 Å². The van der Waals surface area contributed by atoms with Gasteiger partial charge >= 0.3 is 6.09 Å². The van der Waals surface area contributed by atoms with Crippen LogP contribution in [-0.2, 0) is 20.9 Å². The fraction of sp³-hybridized carbons (Fsp3) is 0.412. The summed E-state index contributed by atoms with van der Waals surface area (Å²) in [6.07, 6.45) is -0.684. The number of ether oxygens (including phenoxy) is 1. The zero-order valence-electron chi connectivity index (χ0n) is 15.1. The standard InChI is InChI=1S/C17H25N5O4/c1-4-26-17(25)22-14(19)13-7-5-12(6-8-13)9-20-16(24)11(3)21-15(23)10(2)18/h5-8,10-11H,4,9,18H2,1-3H3,(H,20,24)(H,21,23)(H2,19,22,25)/t10-,11+/m1/s1. The smallest absolute Gasteiger partial charge is 0.412 e. The normalized spacial score (nSPS) is 12.5. The van der Waals surface area contributed by atoms with Gasteiger partial charge in [-0.1, -0.05) is 24.3 Å². The van der Waals surface area contributed by atoms with Crippen LogP contribution < -0.4 is 21.7 Å². The number of carbonyl (C=O) groups excluding carboxylic acids is 3. The maximum absolute atomic E-state index is 12.0. The van der Waals surface area contributed by atoms with Gasteiger partial charge in [-0.15, -0.1) is 0 Å². The third kappa shape index (κ3) is 6.89. The summed E-state index contributed by atoms with van der Waals surface area (Å²) >= 11 is 0. The summed E-state index contributed by atoms with van der Waals surface area (Å²) in [5.41, 5.74) is 6.75. The molecule has 1 aromatic carbocycles. The van der Waals surface area contributed by atoms with Gasteiger partial charge < -0.3 is 21.1 Å². The summed E-state index contributed by atoms with van der Waals surface area (Å²) in [7, 11) is 0. The number of amides is 3. The van der Waals surface area contributed by atoms with Gasteiger partial charge in [0.15, 0.2) is 0 Å². The second-order valence-electron chi connectivity index (χ2n) is 5.65. The van der Waals surface area contributed by atoms with Crippen LogP contribution in [0.25, 0.3) is 0 Å². The molecule has 0 unspecified atom stereocenters. The topological polar surface area (TPSA) is 146 Å². The number of benzene rings is 1. The molecule has 0 aromatic heterocycles. The molecule has 0 bridgehead atoms. The molecule has 1 rings (SSSR count). The van der Waals surface area contributed by atoms with E-state index in [9.17, 15) is 14.4 Å². The molecule has 0 aliphatic rings. The lowest BCUT2D eigenvalue weighted by Gasteiger charge is -2.15. The lowest BCUT2D eigenvalue weighted by Crippen LogP contribution is -2.49. The number of nitrogens with two attached hydrogens (primary N) is 1. The highest BCUT2D eigenvalue weighted by atomic mass is 16.5. The predicted octanol–water partition coefficient (Wildman–Crippen LogP) is 0.226. The zero-order valence-corrected chi connectivity index (χ0v) is 15.1. The number of nitrogens with one attached hydrogen (secondary N) is 4. The van der Waals surface area contributed by atoms with Crippen molar-refractivity contribution < 1.29 is 19.1 Å². The van der Waals surface area contributed by atoms with Crippen molar-refractivity contribution in [1.82, 2.24) is 16.0 Å². The lowest BCUT2D eigenvalue weighted by molar-refractivity contribution is -0.129. The highest BCUT2D eigenvalue weighted by Gasteiger charge is 2.17. The van der Waals surface area contributed by atoms with Crippen LogP contribution in [0, 0.1) is 5.41 Å². The second kappa shape index (κ2) is 10.1. The monoisotopic (exact) mass is 363 g/mol. The van der Waals surface area contributed by atoms with E-state index in [0.29, 0.717) is 5.56 Å². The first-order valence-corrected chi connectivity index (χ1v) is 8.19. The van der Waals surface area contributed by atoms with Crippen molar-refractivity contribution in [3.8, 4) is 0 Å². The maximum atomic E-state index is 12.0. The van der Waals surface area contributed by atoms with Crippen molar-refractivity contribution >= 4 is 23.7 Å². The first-order chi connectivity index (χ1) is 12.2. The fourth-order valence-corrected chi connectivity index (χ4v) is 1.88.